The van der Waals surface area contributed by atoms with Gasteiger partial charge in [-0.05, 0) is 17.7 Å². The fraction of sp³-hybridized carbons (Fsp3) is 0.600. The molecule has 1 aliphatic heterocycles. The van der Waals surface area contributed by atoms with Gasteiger partial charge in [-0.2, -0.15) is 0 Å². The molecule has 0 spiro atoms. The molecule has 5 nitrogen and oxygen atoms in total. The number of piperazine rings is 1. The van der Waals surface area contributed by atoms with Crippen molar-refractivity contribution >= 4 is 0 Å². The van der Waals surface area contributed by atoms with Gasteiger partial charge in [0.05, 0.1) is 27.4 Å². The van der Waals surface area contributed by atoms with Gasteiger partial charge < -0.3 is 19.5 Å². The highest BCUT2D eigenvalue weighted by atomic mass is 19.3. The van der Waals surface area contributed by atoms with Crippen molar-refractivity contribution in [1.82, 2.24) is 10.2 Å². The second-order valence-electron chi connectivity index (χ2n) is 5.02. The quantitative estimate of drug-likeness (QED) is 0.869. The van der Waals surface area contributed by atoms with E-state index < -0.39 is 12.5 Å². The van der Waals surface area contributed by atoms with Crippen molar-refractivity contribution < 1.29 is 23.0 Å². The molecule has 1 heterocycles. The summed E-state index contributed by atoms with van der Waals surface area (Å²) >= 11 is 0. The van der Waals surface area contributed by atoms with E-state index in [1.54, 1.807) is 17.0 Å². The highest BCUT2D eigenvalue weighted by molar-refractivity contribution is 5.54. The van der Waals surface area contributed by atoms with Gasteiger partial charge in [-0.25, -0.2) is 8.78 Å². The van der Waals surface area contributed by atoms with E-state index in [2.05, 4.69) is 5.32 Å². The molecule has 0 amide bonds. The number of methoxy groups -OCH3 is 3. The molecule has 22 heavy (non-hydrogen) atoms. The lowest BCUT2D eigenvalue weighted by Gasteiger charge is -2.35. The van der Waals surface area contributed by atoms with Crippen molar-refractivity contribution in [3.8, 4) is 17.2 Å². The Balaban J connectivity index is 2.42. The minimum absolute atomic E-state index is 0.387. The van der Waals surface area contributed by atoms with E-state index in [0.29, 0.717) is 49.0 Å². The Kier molecular flexibility index (Phi) is 5.79. The molecule has 1 N–H and O–H groups in total. The summed E-state index contributed by atoms with van der Waals surface area (Å²) in [6.07, 6.45) is -2.50. The molecule has 124 valence electrons. The van der Waals surface area contributed by atoms with Crippen LogP contribution in [-0.2, 0) is 0 Å². The minimum atomic E-state index is -2.50. The molecule has 1 fully saturated rings. The number of nitrogens with one attached hydrogen (secondary N) is 1. The molecule has 1 aliphatic rings. The van der Waals surface area contributed by atoms with Crippen molar-refractivity contribution in [3.63, 3.8) is 0 Å². The molecular weight excluding hydrogens is 294 g/mol. The van der Waals surface area contributed by atoms with E-state index in [1.165, 1.54) is 21.3 Å². The maximum atomic E-state index is 13.6. The summed E-state index contributed by atoms with van der Waals surface area (Å²) in [6.45, 7) is 2.55. The Bertz CT molecular complexity index is 469. The van der Waals surface area contributed by atoms with Crippen LogP contribution in [0.25, 0.3) is 0 Å². The molecule has 0 bridgehead atoms. The fourth-order valence-electron chi connectivity index (χ4n) is 2.75. The predicted octanol–water partition coefficient (Wildman–Crippen LogP) is 1.92. The van der Waals surface area contributed by atoms with E-state index in [-0.39, 0.29) is 0 Å². The second-order valence-corrected chi connectivity index (χ2v) is 5.02. The largest absolute Gasteiger partial charge is 0.493 e. The number of benzene rings is 1. The Morgan fingerprint density at radius 2 is 1.55 bits per heavy atom. The Morgan fingerprint density at radius 3 is 1.95 bits per heavy atom. The minimum Gasteiger partial charge on any atom is -0.493 e. The molecule has 0 aliphatic carbocycles. The van der Waals surface area contributed by atoms with Crippen molar-refractivity contribution in [2.75, 3.05) is 47.5 Å². The van der Waals surface area contributed by atoms with E-state index >= 15 is 0 Å². The van der Waals surface area contributed by atoms with E-state index in [4.69, 9.17) is 14.2 Å². The number of rotatable bonds is 6. The van der Waals surface area contributed by atoms with Crippen LogP contribution in [0.1, 0.15) is 11.6 Å². The van der Waals surface area contributed by atoms with Crippen molar-refractivity contribution in [1.29, 1.82) is 0 Å². The standard InChI is InChI=1S/C15H22F2N2O3/c1-20-11-8-10(9-12(21-2)14(11)22-3)13(15(16)17)19-6-4-18-5-7-19/h8-9,13,15,18H,4-7H2,1-3H3/t13-/m0/s1. The van der Waals surface area contributed by atoms with Crippen LogP contribution in [0.4, 0.5) is 8.78 Å². The van der Waals surface area contributed by atoms with Gasteiger partial charge in [0.25, 0.3) is 6.43 Å². The van der Waals surface area contributed by atoms with Gasteiger partial charge in [-0.1, -0.05) is 0 Å². The van der Waals surface area contributed by atoms with E-state index in [9.17, 15) is 8.78 Å². The number of hydrogen-bond donors (Lipinski definition) is 1. The van der Waals surface area contributed by atoms with Gasteiger partial charge >= 0.3 is 0 Å². The molecule has 1 saturated heterocycles. The van der Waals surface area contributed by atoms with Gasteiger partial charge in [0.2, 0.25) is 5.75 Å². The molecule has 1 aromatic carbocycles. The number of ether oxygens (including phenoxy) is 3. The molecule has 0 radical (unpaired) electrons. The summed E-state index contributed by atoms with van der Waals surface area (Å²) < 4.78 is 43.0. The fourth-order valence-corrected chi connectivity index (χ4v) is 2.75. The van der Waals surface area contributed by atoms with Crippen LogP contribution in [0, 0.1) is 0 Å². The monoisotopic (exact) mass is 316 g/mol. The molecule has 2 rings (SSSR count). The third-order valence-corrected chi connectivity index (χ3v) is 3.81. The zero-order chi connectivity index (χ0) is 16.1. The lowest BCUT2D eigenvalue weighted by Crippen LogP contribution is -2.46. The summed E-state index contributed by atoms with van der Waals surface area (Å²) in [6, 6.07) is 2.20. The first-order valence-corrected chi connectivity index (χ1v) is 7.15. The number of nitrogens with zero attached hydrogens (tertiary/aromatic N) is 1. The van der Waals surface area contributed by atoms with Crippen molar-refractivity contribution in [2.45, 2.75) is 12.5 Å². The first-order chi connectivity index (χ1) is 10.6. The summed E-state index contributed by atoms with van der Waals surface area (Å²) in [4.78, 5) is 1.78. The van der Waals surface area contributed by atoms with Crippen LogP contribution >= 0.6 is 0 Å². The van der Waals surface area contributed by atoms with Crippen LogP contribution in [0.2, 0.25) is 0 Å². The summed E-state index contributed by atoms with van der Waals surface area (Å²) in [7, 11) is 4.44. The van der Waals surface area contributed by atoms with Gasteiger partial charge in [0.1, 0.15) is 0 Å². The summed E-state index contributed by atoms with van der Waals surface area (Å²) in [5.41, 5.74) is 0.464. The average molecular weight is 316 g/mol. The molecular formula is C15H22F2N2O3. The SMILES string of the molecule is COc1cc([C@@H](C(F)F)N2CCNCC2)cc(OC)c1OC. The Labute approximate surface area is 129 Å². The van der Waals surface area contributed by atoms with Gasteiger partial charge in [-0.15, -0.1) is 0 Å². The van der Waals surface area contributed by atoms with Crippen LogP contribution in [0.3, 0.4) is 0 Å². The zero-order valence-corrected chi connectivity index (χ0v) is 13.1. The maximum absolute atomic E-state index is 13.6. The predicted molar refractivity (Wildman–Crippen MR) is 79.3 cm³/mol. The third-order valence-electron chi connectivity index (χ3n) is 3.81. The first kappa shape index (κ1) is 16.8. The molecule has 1 atom stereocenters. The lowest BCUT2D eigenvalue weighted by atomic mass is 10.0. The molecule has 0 saturated carbocycles. The second kappa shape index (κ2) is 7.60. The molecule has 7 heteroatoms. The highest BCUT2D eigenvalue weighted by Crippen LogP contribution is 2.41. The van der Waals surface area contributed by atoms with E-state index in [1.807, 2.05) is 0 Å². The Morgan fingerprint density at radius 1 is 1.00 bits per heavy atom. The molecule has 0 unspecified atom stereocenters. The topological polar surface area (TPSA) is 43.0 Å². The van der Waals surface area contributed by atoms with Crippen molar-refractivity contribution in [2.24, 2.45) is 0 Å². The molecule has 0 aromatic heterocycles. The van der Waals surface area contributed by atoms with E-state index in [0.717, 1.165) is 0 Å². The van der Waals surface area contributed by atoms with Gasteiger partial charge in [-0.3, -0.25) is 4.90 Å². The Hall–Kier alpha value is -1.60. The van der Waals surface area contributed by atoms with Gasteiger partial charge in [0.15, 0.2) is 11.5 Å². The lowest BCUT2D eigenvalue weighted by molar-refractivity contribution is 0.0180. The number of alkyl halides is 2. The summed E-state index contributed by atoms with van der Waals surface area (Å²) in [5.74, 6) is 1.18. The van der Waals surface area contributed by atoms with Crippen molar-refractivity contribution in [3.05, 3.63) is 17.7 Å². The normalized spacial score (nSPS) is 17.4. The number of hydrogen-bond acceptors (Lipinski definition) is 5. The highest BCUT2D eigenvalue weighted by Gasteiger charge is 2.31. The maximum Gasteiger partial charge on any atom is 0.258 e. The zero-order valence-electron chi connectivity index (χ0n) is 13.1. The third kappa shape index (κ3) is 3.41. The smallest absolute Gasteiger partial charge is 0.258 e. The van der Waals surface area contributed by atoms with Crippen LogP contribution in [-0.4, -0.2) is 58.8 Å². The molecule has 1 aromatic rings. The van der Waals surface area contributed by atoms with Gasteiger partial charge in [0, 0.05) is 26.2 Å². The summed E-state index contributed by atoms with van der Waals surface area (Å²) in [5, 5.41) is 3.17. The van der Waals surface area contributed by atoms with Crippen LogP contribution < -0.4 is 19.5 Å². The number of halogens is 2. The van der Waals surface area contributed by atoms with Crippen LogP contribution in [0.5, 0.6) is 17.2 Å². The van der Waals surface area contributed by atoms with Crippen LogP contribution in [0.15, 0.2) is 12.1 Å². The average Bonchev–Trinajstić information content (AvgIpc) is 2.54. The first-order valence-electron chi connectivity index (χ1n) is 7.15.